The third-order valence-electron chi connectivity index (χ3n) is 8.98. The summed E-state index contributed by atoms with van der Waals surface area (Å²) in [7, 11) is 1.67. The molecule has 0 amide bonds. The lowest BCUT2D eigenvalue weighted by molar-refractivity contribution is -0.115. The molecule has 1 aromatic heterocycles. The van der Waals surface area contributed by atoms with Crippen LogP contribution in [-0.2, 0) is 11.3 Å². The normalized spacial score (nSPS) is 18.1. The number of nitrogens with zero attached hydrogens (tertiary/aromatic N) is 2. The van der Waals surface area contributed by atoms with E-state index in [0.29, 0.717) is 18.9 Å². The highest BCUT2D eigenvalue weighted by Crippen LogP contribution is 2.47. The molecule has 7 nitrogen and oxygen atoms in total. The van der Waals surface area contributed by atoms with Crippen LogP contribution in [0.25, 0.3) is 28.2 Å². The van der Waals surface area contributed by atoms with Crippen LogP contribution in [0.1, 0.15) is 72.3 Å². The quantitative estimate of drug-likeness (QED) is 0.380. The first-order valence-electron chi connectivity index (χ1n) is 14.8. The van der Waals surface area contributed by atoms with E-state index in [1.165, 1.54) is 24.8 Å². The Morgan fingerprint density at radius 2 is 1.85 bits per heavy atom. The Balaban J connectivity index is 1.45. The SMILES string of the molecule is COc1ccc2c(c1)C=C(C(=O)CCCN1CCNCC1)Cn1c-2c(C2CCCCC2)c2ccc(C(=O)O)cc21. The number of carboxylic acid groups (broad SMARTS) is 1. The fourth-order valence-corrected chi connectivity index (χ4v) is 6.90. The molecule has 2 N–H and O–H groups in total. The lowest BCUT2D eigenvalue weighted by Crippen LogP contribution is -2.43. The van der Waals surface area contributed by atoms with Crippen LogP contribution in [0.2, 0.25) is 0 Å². The number of benzene rings is 2. The van der Waals surface area contributed by atoms with E-state index in [4.69, 9.17) is 4.74 Å². The van der Waals surface area contributed by atoms with Gasteiger partial charge >= 0.3 is 5.97 Å². The molecular formula is C33H39N3O4. The summed E-state index contributed by atoms with van der Waals surface area (Å²) in [6.45, 7) is 5.42. The summed E-state index contributed by atoms with van der Waals surface area (Å²) in [5, 5.41) is 14.3. The maximum atomic E-state index is 13.7. The van der Waals surface area contributed by atoms with Crippen molar-refractivity contribution in [2.45, 2.75) is 57.4 Å². The zero-order valence-electron chi connectivity index (χ0n) is 23.4. The minimum Gasteiger partial charge on any atom is -0.497 e. The predicted octanol–water partition coefficient (Wildman–Crippen LogP) is 5.71. The van der Waals surface area contributed by atoms with Crippen LogP contribution in [0.4, 0.5) is 0 Å². The molecule has 0 radical (unpaired) electrons. The minimum absolute atomic E-state index is 0.159. The zero-order valence-corrected chi connectivity index (χ0v) is 23.4. The van der Waals surface area contributed by atoms with E-state index in [-0.39, 0.29) is 11.3 Å². The molecule has 7 heteroatoms. The molecule has 210 valence electrons. The maximum Gasteiger partial charge on any atom is 0.335 e. The second kappa shape index (κ2) is 11.6. The molecule has 2 fully saturated rings. The van der Waals surface area contributed by atoms with Crippen molar-refractivity contribution in [3.63, 3.8) is 0 Å². The van der Waals surface area contributed by atoms with Gasteiger partial charge in [-0.2, -0.15) is 0 Å². The number of aromatic carboxylic acids is 1. The lowest BCUT2D eigenvalue weighted by atomic mass is 9.81. The number of ether oxygens (including phenoxy) is 1. The molecular weight excluding hydrogens is 502 g/mol. The molecule has 3 heterocycles. The number of aromatic nitrogens is 1. The third-order valence-corrected chi connectivity index (χ3v) is 8.98. The topological polar surface area (TPSA) is 83.8 Å². The van der Waals surface area contributed by atoms with Gasteiger partial charge in [-0.3, -0.25) is 4.79 Å². The first kappa shape index (κ1) is 26.8. The number of ketones is 1. The van der Waals surface area contributed by atoms with E-state index in [0.717, 1.165) is 91.0 Å². The number of carboxylic acids is 1. The van der Waals surface area contributed by atoms with Crippen molar-refractivity contribution >= 4 is 28.7 Å². The average Bonchev–Trinajstić information content (AvgIpc) is 3.20. The highest BCUT2D eigenvalue weighted by Gasteiger charge is 2.30. The standard InChI is InChI=1S/C33H39N3O4/c1-40-26-10-12-27-24(19-26)18-25(30(37)8-5-15-35-16-13-34-14-17-35)21-36-29-20-23(33(38)39)9-11-28(29)31(32(27)36)22-6-3-2-4-7-22/h9-12,18-20,22,34H,2-8,13-17,21H2,1H3,(H,38,39). The number of piperazine rings is 1. The fourth-order valence-electron chi connectivity index (χ4n) is 6.90. The third kappa shape index (κ3) is 5.20. The van der Waals surface area contributed by atoms with Gasteiger partial charge in [0.05, 0.1) is 24.9 Å². The predicted molar refractivity (Wildman–Crippen MR) is 158 cm³/mol. The number of nitrogens with one attached hydrogen (secondary N) is 1. The van der Waals surface area contributed by atoms with Crippen molar-refractivity contribution in [3.05, 3.63) is 58.7 Å². The van der Waals surface area contributed by atoms with Crippen LogP contribution in [0.5, 0.6) is 5.75 Å². The largest absolute Gasteiger partial charge is 0.497 e. The molecule has 0 unspecified atom stereocenters. The first-order valence-corrected chi connectivity index (χ1v) is 14.8. The fraction of sp³-hybridized carbons (Fsp3) is 0.455. The summed E-state index contributed by atoms with van der Waals surface area (Å²) in [6, 6.07) is 11.6. The van der Waals surface area contributed by atoms with Crippen molar-refractivity contribution in [3.8, 4) is 17.0 Å². The smallest absolute Gasteiger partial charge is 0.335 e. The number of hydrogen-bond donors (Lipinski definition) is 2. The molecule has 1 saturated carbocycles. The Morgan fingerprint density at radius 3 is 2.60 bits per heavy atom. The number of Topliss-reactive ketones (excluding diaryl/α,β-unsaturated/α-hetero) is 1. The van der Waals surface area contributed by atoms with Crippen LogP contribution in [-0.4, -0.2) is 66.2 Å². The highest BCUT2D eigenvalue weighted by atomic mass is 16.5. The van der Waals surface area contributed by atoms with Crippen molar-refractivity contribution in [1.29, 1.82) is 0 Å². The molecule has 6 rings (SSSR count). The number of rotatable bonds is 8. The minimum atomic E-state index is -0.935. The Bertz CT molecular complexity index is 1460. The van der Waals surface area contributed by atoms with Crippen molar-refractivity contribution < 1.29 is 19.4 Å². The van der Waals surface area contributed by atoms with Gasteiger partial charge in [0.25, 0.3) is 0 Å². The van der Waals surface area contributed by atoms with Gasteiger partial charge in [-0.25, -0.2) is 4.79 Å². The molecule has 3 aromatic rings. The number of carbonyl (C=O) groups is 2. The van der Waals surface area contributed by atoms with E-state index >= 15 is 0 Å². The van der Waals surface area contributed by atoms with E-state index in [1.54, 1.807) is 19.2 Å². The summed E-state index contributed by atoms with van der Waals surface area (Å²) in [6.07, 6.45) is 9.30. The second-order valence-corrected chi connectivity index (χ2v) is 11.5. The van der Waals surface area contributed by atoms with E-state index in [2.05, 4.69) is 26.9 Å². The Kier molecular flexibility index (Phi) is 7.76. The van der Waals surface area contributed by atoms with Crippen LogP contribution < -0.4 is 10.1 Å². The Morgan fingerprint density at radius 1 is 1.05 bits per heavy atom. The highest BCUT2D eigenvalue weighted by molar-refractivity contribution is 6.04. The summed E-state index contributed by atoms with van der Waals surface area (Å²) in [4.78, 5) is 28.2. The van der Waals surface area contributed by atoms with Gasteiger partial charge in [0.1, 0.15) is 5.75 Å². The van der Waals surface area contributed by atoms with Gasteiger partial charge in [0, 0.05) is 54.6 Å². The van der Waals surface area contributed by atoms with Gasteiger partial charge in [-0.15, -0.1) is 0 Å². The lowest BCUT2D eigenvalue weighted by Gasteiger charge is -2.26. The van der Waals surface area contributed by atoms with Gasteiger partial charge < -0.3 is 24.6 Å². The van der Waals surface area contributed by atoms with Gasteiger partial charge in [-0.05, 0) is 79.3 Å². The van der Waals surface area contributed by atoms with Gasteiger partial charge in [0.2, 0.25) is 0 Å². The van der Waals surface area contributed by atoms with E-state index in [1.807, 2.05) is 18.2 Å². The molecule has 3 aliphatic rings. The van der Waals surface area contributed by atoms with Crippen molar-refractivity contribution in [2.75, 3.05) is 39.8 Å². The summed E-state index contributed by atoms with van der Waals surface area (Å²) in [5.74, 6) is 0.397. The Hall–Kier alpha value is -3.42. The molecule has 0 spiro atoms. The molecule has 0 atom stereocenters. The second-order valence-electron chi connectivity index (χ2n) is 11.5. The van der Waals surface area contributed by atoms with Crippen LogP contribution >= 0.6 is 0 Å². The molecule has 40 heavy (non-hydrogen) atoms. The van der Waals surface area contributed by atoms with Crippen LogP contribution in [0, 0.1) is 0 Å². The molecule has 1 saturated heterocycles. The number of carbonyl (C=O) groups excluding carboxylic acids is 1. The molecule has 0 bridgehead atoms. The molecule has 2 aliphatic heterocycles. The van der Waals surface area contributed by atoms with Crippen LogP contribution in [0.15, 0.2) is 42.0 Å². The monoisotopic (exact) mass is 541 g/mol. The zero-order chi connectivity index (χ0) is 27.6. The van der Waals surface area contributed by atoms with Crippen LogP contribution in [0.3, 0.4) is 0 Å². The first-order chi connectivity index (χ1) is 19.5. The Labute approximate surface area is 235 Å². The summed E-state index contributed by atoms with van der Waals surface area (Å²) < 4.78 is 7.81. The van der Waals surface area contributed by atoms with E-state index in [9.17, 15) is 14.7 Å². The van der Waals surface area contributed by atoms with Crippen molar-refractivity contribution in [1.82, 2.24) is 14.8 Å². The average molecular weight is 542 g/mol. The van der Waals surface area contributed by atoms with Gasteiger partial charge in [-0.1, -0.05) is 25.3 Å². The number of allylic oxidation sites excluding steroid dienone is 1. The molecule has 2 aromatic carbocycles. The number of hydrogen-bond acceptors (Lipinski definition) is 5. The number of methoxy groups -OCH3 is 1. The van der Waals surface area contributed by atoms with Gasteiger partial charge in [0.15, 0.2) is 5.78 Å². The molecule has 1 aliphatic carbocycles. The number of fused-ring (bicyclic) bond motifs is 5. The summed E-state index contributed by atoms with van der Waals surface area (Å²) >= 11 is 0. The summed E-state index contributed by atoms with van der Waals surface area (Å²) in [5.41, 5.74) is 6.44. The maximum absolute atomic E-state index is 13.7. The van der Waals surface area contributed by atoms with E-state index < -0.39 is 5.97 Å². The van der Waals surface area contributed by atoms with Crippen molar-refractivity contribution in [2.24, 2.45) is 0 Å².